The van der Waals surface area contributed by atoms with Gasteiger partial charge in [0.2, 0.25) is 0 Å². The zero-order chi connectivity index (χ0) is 14.8. The molecule has 1 aromatic carbocycles. The van der Waals surface area contributed by atoms with E-state index >= 15 is 0 Å². The summed E-state index contributed by atoms with van der Waals surface area (Å²) in [5.41, 5.74) is 3.88. The predicted octanol–water partition coefficient (Wildman–Crippen LogP) is 4.32. The number of benzene rings is 1. The van der Waals surface area contributed by atoms with Crippen molar-refractivity contribution in [2.75, 3.05) is 0 Å². The fraction of sp³-hybridized carbons (Fsp3) is 0.294. The van der Waals surface area contributed by atoms with Gasteiger partial charge in [0.1, 0.15) is 6.61 Å². The van der Waals surface area contributed by atoms with Crippen molar-refractivity contribution in [2.24, 2.45) is 0 Å². The number of esters is 1. The highest BCUT2D eigenvalue weighted by Crippen LogP contribution is 2.11. The van der Waals surface area contributed by atoms with Gasteiger partial charge in [0.25, 0.3) is 0 Å². The van der Waals surface area contributed by atoms with Gasteiger partial charge < -0.3 is 4.74 Å². The summed E-state index contributed by atoms with van der Waals surface area (Å²) in [6.07, 6.45) is 2.60. The Morgan fingerprint density at radius 2 is 1.89 bits per heavy atom. The van der Waals surface area contributed by atoms with Crippen LogP contribution in [-0.4, -0.2) is 5.97 Å². The first-order valence-electron chi connectivity index (χ1n) is 6.21. The van der Waals surface area contributed by atoms with Crippen LogP contribution in [0.3, 0.4) is 0 Å². The highest BCUT2D eigenvalue weighted by Gasteiger charge is 2.03. The molecule has 103 valence electrons. The van der Waals surface area contributed by atoms with Crippen LogP contribution in [0.25, 0.3) is 0 Å². The third kappa shape index (κ3) is 7.24. The third-order valence-electron chi connectivity index (χ3n) is 2.49. The van der Waals surface area contributed by atoms with Crippen molar-refractivity contribution in [1.82, 2.24) is 0 Å². The number of ether oxygens (including phenoxy) is 1. The summed E-state index contributed by atoms with van der Waals surface area (Å²) in [6, 6.07) is 6.02. The van der Waals surface area contributed by atoms with Crippen molar-refractivity contribution in [3.8, 4) is 0 Å². The molecule has 0 bridgehead atoms. The molecule has 0 aliphatic rings. The molecule has 0 atom stereocenters. The van der Waals surface area contributed by atoms with Crippen molar-refractivity contribution < 1.29 is 9.53 Å². The van der Waals surface area contributed by atoms with Gasteiger partial charge in [0.15, 0.2) is 0 Å². The summed E-state index contributed by atoms with van der Waals surface area (Å²) in [6.45, 7) is 16.5. The van der Waals surface area contributed by atoms with Gasteiger partial charge in [0, 0.05) is 5.57 Å². The molecule has 2 nitrogen and oxygen atoms in total. The van der Waals surface area contributed by atoms with E-state index in [4.69, 9.17) is 4.74 Å². The Hall–Kier alpha value is -1.83. The standard InChI is InChI=1S/C13H16O2.C4H7/c1-9(2)13(14)15-8-12-6-5-10(3)11(4)7-12;1-3-4-2/h5-7H,1,8H2,2-4H3;3H,1-2,4H2. The van der Waals surface area contributed by atoms with Crippen LogP contribution in [0.15, 0.2) is 43.0 Å². The summed E-state index contributed by atoms with van der Waals surface area (Å²) in [4.78, 5) is 11.1. The maximum absolute atomic E-state index is 11.1. The van der Waals surface area contributed by atoms with E-state index in [1.165, 1.54) is 11.1 Å². The molecule has 0 amide bonds. The summed E-state index contributed by atoms with van der Waals surface area (Å²) in [5.74, 6) is -0.340. The number of carbonyl (C=O) groups excluding carboxylic acids is 1. The predicted molar refractivity (Wildman–Crippen MR) is 80.7 cm³/mol. The van der Waals surface area contributed by atoms with E-state index in [0.717, 1.165) is 12.0 Å². The SMILES string of the molecule is C=C(C)C(=O)OCc1ccc(C)c(C)c1.[CH2]CC=C. The van der Waals surface area contributed by atoms with Crippen LogP contribution in [0.2, 0.25) is 0 Å². The van der Waals surface area contributed by atoms with E-state index in [1.54, 1.807) is 13.0 Å². The minimum absolute atomic E-state index is 0.312. The number of rotatable bonds is 4. The molecule has 0 aromatic heterocycles. The first-order valence-corrected chi connectivity index (χ1v) is 6.21. The highest BCUT2D eigenvalue weighted by molar-refractivity contribution is 5.86. The summed E-state index contributed by atoms with van der Waals surface area (Å²) in [7, 11) is 0. The van der Waals surface area contributed by atoms with E-state index in [-0.39, 0.29) is 5.97 Å². The van der Waals surface area contributed by atoms with Crippen LogP contribution < -0.4 is 0 Å². The van der Waals surface area contributed by atoms with Gasteiger partial charge >= 0.3 is 5.97 Å². The van der Waals surface area contributed by atoms with Gasteiger partial charge in [-0.3, -0.25) is 0 Å². The van der Waals surface area contributed by atoms with Crippen LogP contribution in [-0.2, 0) is 16.1 Å². The van der Waals surface area contributed by atoms with Gasteiger partial charge in [-0.1, -0.05) is 30.9 Å². The second-order valence-corrected chi connectivity index (χ2v) is 4.35. The van der Waals surface area contributed by atoms with Crippen LogP contribution >= 0.6 is 0 Å². The van der Waals surface area contributed by atoms with Gasteiger partial charge in [-0.05, 0) is 50.8 Å². The number of hydrogen-bond acceptors (Lipinski definition) is 2. The third-order valence-corrected chi connectivity index (χ3v) is 2.49. The second kappa shape index (κ2) is 9.15. The average molecular weight is 259 g/mol. The van der Waals surface area contributed by atoms with Gasteiger partial charge in [-0.15, -0.1) is 6.58 Å². The lowest BCUT2D eigenvalue weighted by Crippen LogP contribution is -2.05. The Labute approximate surface area is 116 Å². The summed E-state index contributed by atoms with van der Waals surface area (Å²) < 4.78 is 5.05. The van der Waals surface area contributed by atoms with E-state index in [0.29, 0.717) is 12.2 Å². The maximum Gasteiger partial charge on any atom is 0.333 e. The lowest BCUT2D eigenvalue weighted by Gasteiger charge is -2.06. The number of aryl methyl sites for hydroxylation is 2. The van der Waals surface area contributed by atoms with Crippen LogP contribution in [0, 0.1) is 20.8 Å². The van der Waals surface area contributed by atoms with Crippen molar-refractivity contribution in [3.63, 3.8) is 0 Å². The Morgan fingerprint density at radius 3 is 2.32 bits per heavy atom. The molecule has 2 heteroatoms. The van der Waals surface area contributed by atoms with Crippen LogP contribution in [0.1, 0.15) is 30.0 Å². The van der Waals surface area contributed by atoms with Gasteiger partial charge in [-0.25, -0.2) is 4.79 Å². The highest BCUT2D eigenvalue weighted by atomic mass is 16.5. The van der Waals surface area contributed by atoms with Gasteiger partial charge in [0.05, 0.1) is 0 Å². The van der Waals surface area contributed by atoms with Crippen molar-refractivity contribution in [3.05, 3.63) is 66.6 Å². The molecule has 0 unspecified atom stereocenters. The summed E-state index contributed by atoms with van der Waals surface area (Å²) in [5, 5.41) is 0. The molecule has 0 aliphatic carbocycles. The molecular weight excluding hydrogens is 236 g/mol. The first kappa shape index (κ1) is 17.2. The zero-order valence-corrected chi connectivity index (χ0v) is 12.2. The molecule has 1 rings (SSSR count). The van der Waals surface area contributed by atoms with E-state index < -0.39 is 0 Å². The number of allylic oxidation sites excluding steroid dienone is 1. The molecule has 19 heavy (non-hydrogen) atoms. The Kier molecular flexibility index (Phi) is 8.27. The zero-order valence-electron chi connectivity index (χ0n) is 12.2. The quantitative estimate of drug-likeness (QED) is 0.457. The molecule has 0 spiro atoms. The minimum atomic E-state index is -0.340. The monoisotopic (exact) mass is 259 g/mol. The average Bonchev–Trinajstić information content (AvgIpc) is 2.39. The Bertz CT molecular complexity index is 445. The Morgan fingerprint density at radius 1 is 1.32 bits per heavy atom. The maximum atomic E-state index is 11.1. The molecule has 1 aromatic rings. The molecule has 0 saturated carbocycles. The second-order valence-electron chi connectivity index (χ2n) is 4.35. The summed E-state index contributed by atoms with van der Waals surface area (Å²) >= 11 is 0. The van der Waals surface area contributed by atoms with E-state index in [9.17, 15) is 4.79 Å². The van der Waals surface area contributed by atoms with Crippen LogP contribution in [0.5, 0.6) is 0 Å². The topological polar surface area (TPSA) is 26.3 Å². The molecule has 0 aliphatic heterocycles. The van der Waals surface area contributed by atoms with Crippen molar-refractivity contribution >= 4 is 5.97 Å². The lowest BCUT2D eigenvalue weighted by atomic mass is 10.1. The smallest absolute Gasteiger partial charge is 0.333 e. The molecule has 0 heterocycles. The van der Waals surface area contributed by atoms with E-state index in [1.807, 2.05) is 25.1 Å². The normalized spacial score (nSPS) is 9.05. The van der Waals surface area contributed by atoms with Gasteiger partial charge in [-0.2, -0.15) is 0 Å². The largest absolute Gasteiger partial charge is 0.457 e. The minimum Gasteiger partial charge on any atom is -0.457 e. The molecule has 0 fully saturated rings. The Balaban J connectivity index is 0.000000711. The van der Waals surface area contributed by atoms with Crippen LogP contribution in [0.4, 0.5) is 0 Å². The van der Waals surface area contributed by atoms with Crippen molar-refractivity contribution in [2.45, 2.75) is 33.8 Å². The first-order chi connectivity index (χ1) is 8.92. The molecule has 0 N–H and O–H groups in total. The molecular formula is C17H23O2. The number of hydrogen-bond donors (Lipinski definition) is 0. The molecule has 1 radical (unpaired) electrons. The molecule has 0 saturated heterocycles. The lowest BCUT2D eigenvalue weighted by molar-refractivity contribution is -0.140. The fourth-order valence-corrected chi connectivity index (χ4v) is 1.17. The van der Waals surface area contributed by atoms with Crippen molar-refractivity contribution in [1.29, 1.82) is 0 Å². The van der Waals surface area contributed by atoms with E-state index in [2.05, 4.69) is 27.0 Å². The number of carbonyl (C=O) groups is 1. The fourth-order valence-electron chi connectivity index (χ4n) is 1.17.